The average molecular weight is 497 g/mol. The number of nitrogens with one attached hydrogen (secondary N) is 1. The van der Waals surface area contributed by atoms with Crippen molar-refractivity contribution in [3.63, 3.8) is 0 Å². The zero-order chi connectivity index (χ0) is 25.2. The minimum atomic E-state index is -0.541. The van der Waals surface area contributed by atoms with E-state index in [0.717, 1.165) is 50.0 Å². The number of carbonyl (C=O) groups excluding carboxylic acids is 1. The van der Waals surface area contributed by atoms with E-state index in [1.54, 1.807) is 31.4 Å². The number of methoxy groups -OCH3 is 1. The van der Waals surface area contributed by atoms with Crippen molar-refractivity contribution in [3.8, 4) is 5.75 Å². The second-order valence-electron chi connectivity index (χ2n) is 11.7. The number of aliphatic hydroxyl groups excluding tert-OH is 1. The van der Waals surface area contributed by atoms with Gasteiger partial charge in [-0.25, -0.2) is 9.78 Å². The number of rotatable bonds is 5. The number of anilines is 1. The topological polar surface area (TPSA) is 98.6 Å². The van der Waals surface area contributed by atoms with Crippen LogP contribution in [0.3, 0.4) is 0 Å². The fraction of sp³-hybridized carbons (Fsp3) is 0.643. The Hall–Kier alpha value is -2.42. The lowest BCUT2D eigenvalue weighted by molar-refractivity contribution is -0.496. The molecule has 7 rings (SSSR count). The second-order valence-corrected chi connectivity index (χ2v) is 11.7. The van der Waals surface area contributed by atoms with Gasteiger partial charge in [0.25, 0.3) is 5.91 Å². The van der Waals surface area contributed by atoms with Crippen LogP contribution >= 0.6 is 0 Å². The van der Waals surface area contributed by atoms with Crippen molar-refractivity contribution in [2.75, 3.05) is 19.0 Å². The molecule has 1 amide bonds. The summed E-state index contributed by atoms with van der Waals surface area (Å²) in [5.74, 6) is 1.03. The zero-order valence-electron chi connectivity index (χ0n) is 21.3. The lowest BCUT2D eigenvalue weighted by Gasteiger charge is -2.69. The molecular weight excluding hydrogens is 460 g/mol. The van der Waals surface area contributed by atoms with Crippen LogP contribution in [0, 0.1) is 22.7 Å². The molecule has 8 nitrogen and oxygen atoms in total. The molecule has 0 unspecified atom stereocenters. The molecule has 2 heterocycles. The van der Waals surface area contributed by atoms with Crippen LogP contribution in [0.15, 0.2) is 41.6 Å². The van der Waals surface area contributed by atoms with Gasteiger partial charge in [-0.3, -0.25) is 4.79 Å². The third kappa shape index (κ3) is 3.30. The standard InChI is InChI=1S/C28H36N2O6/c1-25-12-11-22-26(2)13-10-19(31)16-27(26)14-15-28(22,36-35-27)21(25)8-9-23(25)30-34-17-24(32)29-18-4-6-20(33-3)7-5-18/h4-7,14-15,19,21-22,31H,8-13,16-17H2,1-3H3,(H,29,32)/b30-23+/t19-,21+,22-,25-,26+,27+,28-/m0/s1. The smallest absolute Gasteiger partial charge is 0.265 e. The largest absolute Gasteiger partial charge is 0.497 e. The van der Waals surface area contributed by atoms with Gasteiger partial charge in [0.15, 0.2) is 6.61 Å². The fourth-order valence-electron chi connectivity index (χ4n) is 8.08. The third-order valence-electron chi connectivity index (χ3n) is 10.1. The molecule has 2 aliphatic heterocycles. The van der Waals surface area contributed by atoms with Crippen molar-refractivity contribution >= 4 is 17.3 Å². The number of fused-ring (bicyclic) bond motifs is 2. The molecular formula is C28H36N2O6. The molecule has 36 heavy (non-hydrogen) atoms. The van der Waals surface area contributed by atoms with E-state index in [2.05, 4.69) is 36.5 Å². The quantitative estimate of drug-likeness (QED) is 0.356. The maximum atomic E-state index is 12.4. The summed E-state index contributed by atoms with van der Waals surface area (Å²) in [6.45, 7) is 4.45. The van der Waals surface area contributed by atoms with Gasteiger partial charge in [0.1, 0.15) is 17.0 Å². The Morgan fingerprint density at radius 2 is 1.92 bits per heavy atom. The van der Waals surface area contributed by atoms with Crippen molar-refractivity contribution in [1.82, 2.24) is 0 Å². The van der Waals surface area contributed by atoms with Crippen LogP contribution in [0.5, 0.6) is 5.75 Å². The van der Waals surface area contributed by atoms with E-state index in [-0.39, 0.29) is 35.4 Å². The second kappa shape index (κ2) is 8.30. The number of amides is 1. The summed E-state index contributed by atoms with van der Waals surface area (Å²) < 4.78 is 5.15. The first-order chi connectivity index (χ1) is 17.2. The monoisotopic (exact) mass is 496 g/mol. The SMILES string of the molecule is COc1ccc(NC(=O)CO/N=C2\CC[C@H]3[C@@]45C=C[C@]6(C[C@@H](O)CC[C@]6(C)[C@@H]4CC[C@]23C)OO5)cc1. The molecule has 2 N–H and O–H groups in total. The number of ether oxygens (including phenoxy) is 1. The summed E-state index contributed by atoms with van der Waals surface area (Å²) in [6.07, 6.45) is 10.2. The van der Waals surface area contributed by atoms with E-state index in [1.165, 1.54) is 0 Å². The molecule has 8 heteroatoms. The van der Waals surface area contributed by atoms with Crippen LogP contribution in [-0.2, 0) is 19.4 Å². The predicted octanol–water partition coefficient (Wildman–Crippen LogP) is 4.39. The molecule has 4 fully saturated rings. The highest BCUT2D eigenvalue weighted by atomic mass is 17.2. The Kier molecular flexibility index (Phi) is 5.52. The molecule has 7 atom stereocenters. The third-order valence-corrected chi connectivity index (χ3v) is 10.1. The van der Waals surface area contributed by atoms with Gasteiger partial charge in [-0.15, -0.1) is 0 Å². The van der Waals surface area contributed by atoms with Gasteiger partial charge in [0.05, 0.1) is 18.9 Å². The number of hydrogen-bond acceptors (Lipinski definition) is 7. The molecule has 194 valence electrons. The van der Waals surface area contributed by atoms with Gasteiger partial charge in [-0.05, 0) is 68.9 Å². The first-order valence-corrected chi connectivity index (χ1v) is 13.1. The molecule has 6 aliphatic rings. The highest BCUT2D eigenvalue weighted by Crippen LogP contribution is 2.70. The van der Waals surface area contributed by atoms with E-state index in [0.29, 0.717) is 18.0 Å². The van der Waals surface area contributed by atoms with E-state index in [1.807, 2.05) is 0 Å². The Bertz CT molecular complexity index is 1100. The summed E-state index contributed by atoms with van der Waals surface area (Å²) in [5.41, 5.74) is 0.409. The van der Waals surface area contributed by atoms with Crippen molar-refractivity contribution in [3.05, 3.63) is 36.4 Å². The van der Waals surface area contributed by atoms with E-state index in [4.69, 9.17) is 19.3 Å². The van der Waals surface area contributed by atoms with Crippen LogP contribution in [0.4, 0.5) is 5.69 Å². The van der Waals surface area contributed by atoms with Crippen LogP contribution in [0.2, 0.25) is 0 Å². The van der Waals surface area contributed by atoms with Crippen molar-refractivity contribution in [2.45, 2.75) is 76.1 Å². The van der Waals surface area contributed by atoms with Gasteiger partial charge < -0.3 is 20.0 Å². The maximum absolute atomic E-state index is 12.4. The first-order valence-electron chi connectivity index (χ1n) is 13.1. The van der Waals surface area contributed by atoms with Crippen molar-refractivity contribution in [1.29, 1.82) is 0 Å². The molecule has 1 aromatic rings. The number of benzene rings is 1. The van der Waals surface area contributed by atoms with Crippen molar-refractivity contribution < 1.29 is 29.3 Å². The summed E-state index contributed by atoms with van der Waals surface area (Å²) in [4.78, 5) is 30.5. The van der Waals surface area contributed by atoms with E-state index in [9.17, 15) is 9.90 Å². The average Bonchev–Trinajstić information content (AvgIpc) is 3.21. The minimum absolute atomic E-state index is 0.0590. The van der Waals surface area contributed by atoms with Gasteiger partial charge in [0.2, 0.25) is 0 Å². The summed E-state index contributed by atoms with van der Waals surface area (Å²) in [7, 11) is 1.60. The molecule has 1 saturated heterocycles. The number of hydrogen-bond donors (Lipinski definition) is 2. The number of aliphatic hydroxyl groups is 1. The molecule has 4 aliphatic carbocycles. The van der Waals surface area contributed by atoms with Gasteiger partial charge in [0, 0.05) is 34.8 Å². The van der Waals surface area contributed by atoms with E-state index >= 15 is 0 Å². The van der Waals surface area contributed by atoms with Crippen LogP contribution in [0.1, 0.15) is 58.8 Å². The predicted molar refractivity (Wildman–Crippen MR) is 133 cm³/mol. The molecule has 0 aromatic heterocycles. The lowest BCUT2D eigenvalue weighted by atomic mass is 9.43. The van der Waals surface area contributed by atoms with Gasteiger partial charge in [-0.2, -0.15) is 0 Å². The summed E-state index contributed by atoms with van der Waals surface area (Å²) in [5, 5.41) is 17.7. The Morgan fingerprint density at radius 3 is 2.64 bits per heavy atom. The highest BCUT2D eigenvalue weighted by Gasteiger charge is 2.74. The molecule has 3 saturated carbocycles. The Morgan fingerprint density at radius 1 is 1.11 bits per heavy atom. The van der Waals surface area contributed by atoms with E-state index < -0.39 is 11.2 Å². The molecule has 2 spiro atoms. The first kappa shape index (κ1) is 23.9. The summed E-state index contributed by atoms with van der Waals surface area (Å²) in [6, 6.07) is 7.16. The maximum Gasteiger partial charge on any atom is 0.265 e. The Balaban J connectivity index is 1.17. The molecule has 2 bridgehead atoms. The normalized spacial score (nSPS) is 43.4. The number of nitrogens with zero attached hydrogens (tertiary/aromatic N) is 1. The van der Waals surface area contributed by atoms with Crippen molar-refractivity contribution in [2.24, 2.45) is 27.8 Å². The lowest BCUT2D eigenvalue weighted by Crippen LogP contribution is -2.73. The van der Waals surface area contributed by atoms with Crippen LogP contribution in [-0.4, -0.2) is 47.7 Å². The summed E-state index contributed by atoms with van der Waals surface area (Å²) >= 11 is 0. The highest BCUT2D eigenvalue weighted by molar-refractivity contribution is 5.93. The van der Waals surface area contributed by atoms with Crippen LogP contribution < -0.4 is 10.1 Å². The number of oxime groups is 1. The van der Waals surface area contributed by atoms with Gasteiger partial charge >= 0.3 is 0 Å². The van der Waals surface area contributed by atoms with Gasteiger partial charge in [-0.1, -0.05) is 25.1 Å². The Labute approximate surface area is 211 Å². The zero-order valence-corrected chi connectivity index (χ0v) is 21.3. The number of carbonyl (C=O) groups is 1. The fourth-order valence-corrected chi connectivity index (χ4v) is 8.08. The molecule has 1 aromatic carbocycles. The minimum Gasteiger partial charge on any atom is -0.497 e. The van der Waals surface area contributed by atoms with Crippen LogP contribution in [0.25, 0.3) is 0 Å². The molecule has 0 radical (unpaired) electrons.